The molecular weight excluding hydrogens is 504 g/mol. The Kier molecular flexibility index (Phi) is 8.50. The summed E-state index contributed by atoms with van der Waals surface area (Å²) in [7, 11) is -1.23. The number of ether oxygens (including phenoxy) is 3. The maximum absolute atomic E-state index is 13.7. The second kappa shape index (κ2) is 12.2. The van der Waals surface area contributed by atoms with Crippen LogP contribution in [0.15, 0.2) is 108 Å². The molecule has 0 radical (unpaired) electrons. The lowest BCUT2D eigenvalue weighted by Crippen LogP contribution is -2.38. The summed E-state index contributed by atoms with van der Waals surface area (Å²) in [4.78, 5) is 13.0. The van der Waals surface area contributed by atoms with Crippen LogP contribution in [-0.2, 0) is 21.4 Å². The average molecular weight is 533 g/mol. The number of hydrogen-bond acceptors (Lipinski definition) is 6. The van der Waals surface area contributed by atoms with E-state index in [9.17, 15) is 13.2 Å². The maximum atomic E-state index is 13.7. The first kappa shape index (κ1) is 26.6. The number of methoxy groups -OCH3 is 2. The molecule has 0 aliphatic rings. The number of carbonyl (C=O) groups is 1. The van der Waals surface area contributed by atoms with Crippen LogP contribution in [0.2, 0.25) is 0 Å². The van der Waals surface area contributed by atoms with E-state index < -0.39 is 22.5 Å². The van der Waals surface area contributed by atoms with Crippen LogP contribution >= 0.6 is 0 Å². The summed E-state index contributed by atoms with van der Waals surface area (Å²) < 4.78 is 44.6. The minimum Gasteiger partial charge on any atom is -0.493 e. The molecule has 0 atom stereocenters. The number of rotatable bonds is 11. The predicted octanol–water partition coefficient (Wildman–Crippen LogP) is 5.12. The lowest BCUT2D eigenvalue weighted by Gasteiger charge is -2.24. The molecule has 0 fully saturated rings. The van der Waals surface area contributed by atoms with Gasteiger partial charge in [0.2, 0.25) is 5.91 Å². The monoisotopic (exact) mass is 532 g/mol. The summed E-state index contributed by atoms with van der Waals surface area (Å²) in [5, 5.41) is 2.76. The van der Waals surface area contributed by atoms with Gasteiger partial charge in [-0.3, -0.25) is 9.10 Å². The van der Waals surface area contributed by atoms with Crippen LogP contribution in [0, 0.1) is 0 Å². The van der Waals surface area contributed by atoms with Crippen LogP contribution in [-0.4, -0.2) is 35.1 Å². The molecule has 4 aromatic rings. The van der Waals surface area contributed by atoms with E-state index >= 15 is 0 Å². The number of anilines is 2. The zero-order valence-corrected chi connectivity index (χ0v) is 21.9. The number of benzene rings is 4. The zero-order chi connectivity index (χ0) is 27.0. The summed E-state index contributed by atoms with van der Waals surface area (Å²) in [6.07, 6.45) is 0. The Labute approximate surface area is 222 Å². The molecule has 4 aromatic carbocycles. The lowest BCUT2D eigenvalue weighted by molar-refractivity contribution is -0.114. The molecule has 9 heteroatoms. The second-order valence-electron chi connectivity index (χ2n) is 8.21. The zero-order valence-electron chi connectivity index (χ0n) is 21.0. The van der Waals surface area contributed by atoms with Crippen molar-refractivity contribution in [2.24, 2.45) is 0 Å². The van der Waals surface area contributed by atoms with E-state index in [-0.39, 0.29) is 10.6 Å². The van der Waals surface area contributed by atoms with E-state index in [2.05, 4.69) is 5.32 Å². The van der Waals surface area contributed by atoms with Crippen molar-refractivity contribution in [3.8, 4) is 17.2 Å². The van der Waals surface area contributed by atoms with Crippen molar-refractivity contribution in [3.05, 3.63) is 109 Å². The van der Waals surface area contributed by atoms with E-state index in [1.807, 2.05) is 30.3 Å². The average Bonchev–Trinajstić information content (AvgIpc) is 2.96. The highest BCUT2D eigenvalue weighted by Gasteiger charge is 2.28. The fourth-order valence-corrected chi connectivity index (χ4v) is 5.16. The maximum Gasteiger partial charge on any atom is 0.264 e. The standard InChI is InChI=1S/C29H28N2O6S/c1-35-27-18-17-26(19-28(27)36-2)38(33,34)31(24-11-7-4-8-12-24)20-29(32)30-23-13-15-25(16-14-23)37-21-22-9-5-3-6-10-22/h3-19H,20-21H2,1-2H3,(H,30,32). The van der Waals surface area contributed by atoms with Crippen molar-refractivity contribution in [2.75, 3.05) is 30.4 Å². The van der Waals surface area contributed by atoms with Gasteiger partial charge >= 0.3 is 0 Å². The molecule has 0 saturated heterocycles. The first-order valence-electron chi connectivity index (χ1n) is 11.8. The van der Waals surface area contributed by atoms with Crippen molar-refractivity contribution in [1.82, 2.24) is 0 Å². The highest BCUT2D eigenvalue weighted by molar-refractivity contribution is 7.92. The van der Waals surface area contributed by atoms with Crippen LogP contribution in [0.25, 0.3) is 0 Å². The third kappa shape index (κ3) is 6.43. The van der Waals surface area contributed by atoms with Gasteiger partial charge < -0.3 is 19.5 Å². The summed E-state index contributed by atoms with van der Waals surface area (Å²) >= 11 is 0. The number of sulfonamides is 1. The quantitative estimate of drug-likeness (QED) is 0.288. The second-order valence-corrected chi connectivity index (χ2v) is 10.1. The van der Waals surface area contributed by atoms with E-state index in [4.69, 9.17) is 14.2 Å². The molecule has 0 heterocycles. The molecule has 0 bridgehead atoms. The minimum absolute atomic E-state index is 0.0354. The number of para-hydroxylation sites is 1. The van der Waals surface area contributed by atoms with Crippen LogP contribution in [0.5, 0.6) is 17.2 Å². The van der Waals surface area contributed by atoms with Crippen molar-refractivity contribution in [1.29, 1.82) is 0 Å². The molecule has 8 nitrogen and oxygen atoms in total. The molecule has 38 heavy (non-hydrogen) atoms. The molecule has 1 amide bonds. The number of nitrogens with zero attached hydrogens (tertiary/aromatic N) is 1. The van der Waals surface area contributed by atoms with Gasteiger partial charge in [-0.15, -0.1) is 0 Å². The molecule has 196 valence electrons. The highest BCUT2D eigenvalue weighted by Crippen LogP contribution is 2.32. The molecule has 0 aliphatic carbocycles. The molecule has 0 saturated carbocycles. The topological polar surface area (TPSA) is 94.2 Å². The van der Waals surface area contributed by atoms with Gasteiger partial charge in [-0.25, -0.2) is 8.42 Å². The van der Waals surface area contributed by atoms with Crippen molar-refractivity contribution >= 4 is 27.3 Å². The smallest absolute Gasteiger partial charge is 0.264 e. The molecule has 4 rings (SSSR count). The molecule has 0 aliphatic heterocycles. The molecule has 0 aromatic heterocycles. The van der Waals surface area contributed by atoms with Gasteiger partial charge in [0, 0.05) is 11.8 Å². The van der Waals surface area contributed by atoms with Crippen molar-refractivity contribution in [2.45, 2.75) is 11.5 Å². The van der Waals surface area contributed by atoms with Gasteiger partial charge in [0.1, 0.15) is 18.9 Å². The van der Waals surface area contributed by atoms with Gasteiger partial charge in [-0.2, -0.15) is 0 Å². The van der Waals surface area contributed by atoms with Crippen molar-refractivity contribution in [3.63, 3.8) is 0 Å². The van der Waals surface area contributed by atoms with E-state index in [1.165, 1.54) is 32.4 Å². The van der Waals surface area contributed by atoms with Crippen LogP contribution in [0.3, 0.4) is 0 Å². The number of carbonyl (C=O) groups excluding carboxylic acids is 1. The molecular formula is C29H28N2O6S. The van der Waals surface area contributed by atoms with Crippen LogP contribution < -0.4 is 23.8 Å². The van der Waals surface area contributed by atoms with Crippen molar-refractivity contribution < 1.29 is 27.4 Å². The number of nitrogens with one attached hydrogen (secondary N) is 1. The Hall–Kier alpha value is -4.50. The third-order valence-electron chi connectivity index (χ3n) is 5.66. The Morgan fingerprint density at radius 1 is 0.789 bits per heavy atom. The Bertz CT molecular complexity index is 1460. The summed E-state index contributed by atoms with van der Waals surface area (Å²) in [5.41, 5.74) is 1.90. The number of amides is 1. The van der Waals surface area contributed by atoms with Gasteiger partial charge in [0.05, 0.1) is 24.8 Å². The Morgan fingerprint density at radius 3 is 2.05 bits per heavy atom. The molecule has 0 spiro atoms. The largest absolute Gasteiger partial charge is 0.493 e. The lowest BCUT2D eigenvalue weighted by atomic mass is 10.2. The first-order valence-corrected chi connectivity index (χ1v) is 13.2. The number of hydrogen-bond donors (Lipinski definition) is 1. The summed E-state index contributed by atoms with van der Waals surface area (Å²) in [5.74, 6) is 0.803. The van der Waals surface area contributed by atoms with Crippen LogP contribution in [0.4, 0.5) is 11.4 Å². The summed E-state index contributed by atoms with van der Waals surface area (Å²) in [6.45, 7) is -0.0143. The third-order valence-corrected chi connectivity index (χ3v) is 7.43. The van der Waals surface area contributed by atoms with Gasteiger partial charge in [0.15, 0.2) is 11.5 Å². The molecule has 0 unspecified atom stereocenters. The normalized spacial score (nSPS) is 10.9. The highest BCUT2D eigenvalue weighted by atomic mass is 32.2. The Morgan fingerprint density at radius 2 is 1.42 bits per heavy atom. The Balaban J connectivity index is 1.50. The van der Waals surface area contributed by atoms with E-state index in [0.717, 1.165) is 9.87 Å². The molecule has 1 N–H and O–H groups in total. The van der Waals surface area contributed by atoms with Gasteiger partial charge in [-0.1, -0.05) is 48.5 Å². The first-order chi connectivity index (χ1) is 18.4. The van der Waals surface area contributed by atoms with Gasteiger partial charge in [0.25, 0.3) is 10.0 Å². The van der Waals surface area contributed by atoms with Gasteiger partial charge in [-0.05, 0) is 54.1 Å². The predicted molar refractivity (Wildman–Crippen MR) is 146 cm³/mol. The van der Waals surface area contributed by atoms with Crippen LogP contribution in [0.1, 0.15) is 5.56 Å². The SMILES string of the molecule is COc1ccc(S(=O)(=O)N(CC(=O)Nc2ccc(OCc3ccccc3)cc2)c2ccccc2)cc1OC. The fraction of sp³-hybridized carbons (Fsp3) is 0.138. The minimum atomic E-state index is -4.12. The summed E-state index contributed by atoms with van der Waals surface area (Å²) in [6, 6.07) is 29.4. The van der Waals surface area contributed by atoms with E-state index in [0.29, 0.717) is 29.5 Å². The fourth-order valence-electron chi connectivity index (χ4n) is 3.72. The van der Waals surface area contributed by atoms with E-state index in [1.54, 1.807) is 54.6 Å².